The SMILES string of the molecule is CCCOc1ccc(C(F)(F)F)cc1NC(=O)C1CCNC1.Cl. The average molecular weight is 353 g/mol. The molecule has 1 unspecified atom stereocenters. The first kappa shape index (κ1) is 19.6. The Morgan fingerprint density at radius 1 is 1.43 bits per heavy atom. The summed E-state index contributed by atoms with van der Waals surface area (Å²) in [5, 5.41) is 5.62. The van der Waals surface area contributed by atoms with Gasteiger partial charge in [0.05, 0.1) is 23.8 Å². The minimum atomic E-state index is -4.46. The molecule has 1 heterocycles. The fourth-order valence-corrected chi connectivity index (χ4v) is 2.26. The molecule has 8 heteroatoms. The number of hydrogen-bond donors (Lipinski definition) is 2. The smallest absolute Gasteiger partial charge is 0.416 e. The van der Waals surface area contributed by atoms with Crippen LogP contribution in [-0.2, 0) is 11.0 Å². The summed E-state index contributed by atoms with van der Waals surface area (Å²) in [6, 6.07) is 3.13. The van der Waals surface area contributed by atoms with Crippen LogP contribution in [0.25, 0.3) is 0 Å². The van der Waals surface area contributed by atoms with Crippen molar-refractivity contribution < 1.29 is 22.7 Å². The summed E-state index contributed by atoms with van der Waals surface area (Å²) in [6.07, 6.45) is -3.06. The predicted octanol–water partition coefficient (Wildman–Crippen LogP) is 3.46. The number of anilines is 1. The Balaban J connectivity index is 0.00000264. The molecular weight excluding hydrogens is 333 g/mol. The fourth-order valence-electron chi connectivity index (χ4n) is 2.26. The maximum atomic E-state index is 12.8. The number of halogens is 4. The minimum Gasteiger partial charge on any atom is -0.491 e. The summed E-state index contributed by atoms with van der Waals surface area (Å²) in [4.78, 5) is 12.1. The van der Waals surface area contributed by atoms with Crippen molar-refractivity contribution in [2.75, 3.05) is 25.0 Å². The number of carbonyl (C=O) groups is 1. The van der Waals surface area contributed by atoms with Gasteiger partial charge in [0.25, 0.3) is 0 Å². The summed E-state index contributed by atoms with van der Waals surface area (Å²) in [5.74, 6) is -0.256. The standard InChI is InChI=1S/C15H19F3N2O2.ClH/c1-2-7-22-13-4-3-11(15(16,17)18)8-12(13)20-14(21)10-5-6-19-9-10;/h3-4,8,10,19H,2,5-7,9H2,1H3,(H,20,21);1H. The molecule has 0 bridgehead atoms. The lowest BCUT2D eigenvalue weighted by Gasteiger charge is -2.16. The normalized spacial score (nSPS) is 17.5. The zero-order valence-electron chi connectivity index (χ0n) is 12.7. The predicted molar refractivity (Wildman–Crippen MR) is 84.1 cm³/mol. The molecule has 1 aliphatic heterocycles. The first-order valence-electron chi connectivity index (χ1n) is 7.27. The van der Waals surface area contributed by atoms with E-state index in [1.54, 1.807) is 0 Å². The van der Waals surface area contributed by atoms with Gasteiger partial charge in [0.15, 0.2) is 0 Å². The highest BCUT2D eigenvalue weighted by Gasteiger charge is 2.32. The lowest BCUT2D eigenvalue weighted by Crippen LogP contribution is -2.25. The Morgan fingerprint density at radius 2 is 2.17 bits per heavy atom. The molecule has 2 rings (SSSR count). The summed E-state index contributed by atoms with van der Waals surface area (Å²) in [6.45, 7) is 3.54. The number of amides is 1. The van der Waals surface area contributed by atoms with Crippen molar-refractivity contribution in [3.8, 4) is 5.75 Å². The molecule has 1 aromatic carbocycles. The van der Waals surface area contributed by atoms with Gasteiger partial charge in [-0.15, -0.1) is 12.4 Å². The molecule has 1 atom stereocenters. The van der Waals surface area contributed by atoms with Gasteiger partial charge in [0.1, 0.15) is 5.75 Å². The number of carbonyl (C=O) groups excluding carboxylic acids is 1. The minimum absolute atomic E-state index is 0. The molecule has 4 nitrogen and oxygen atoms in total. The van der Waals surface area contributed by atoms with Gasteiger partial charge in [-0.1, -0.05) is 6.92 Å². The third-order valence-corrected chi connectivity index (χ3v) is 3.46. The van der Waals surface area contributed by atoms with E-state index in [0.717, 1.165) is 25.1 Å². The van der Waals surface area contributed by atoms with Gasteiger partial charge in [0.2, 0.25) is 5.91 Å². The van der Waals surface area contributed by atoms with E-state index in [1.165, 1.54) is 6.07 Å². The molecular formula is C15H20ClF3N2O2. The van der Waals surface area contributed by atoms with Crippen LogP contribution in [0.3, 0.4) is 0 Å². The molecule has 0 spiro atoms. The number of hydrogen-bond acceptors (Lipinski definition) is 3. The molecule has 0 aromatic heterocycles. The third kappa shape index (κ3) is 5.28. The van der Waals surface area contributed by atoms with Crippen LogP contribution in [-0.4, -0.2) is 25.6 Å². The lowest BCUT2D eigenvalue weighted by molar-refractivity contribution is -0.137. The van der Waals surface area contributed by atoms with Crippen molar-refractivity contribution in [3.05, 3.63) is 23.8 Å². The van der Waals surface area contributed by atoms with E-state index < -0.39 is 11.7 Å². The molecule has 0 saturated carbocycles. The number of nitrogens with one attached hydrogen (secondary N) is 2. The summed E-state index contributed by atoms with van der Waals surface area (Å²) in [7, 11) is 0. The van der Waals surface area contributed by atoms with Gasteiger partial charge in [-0.25, -0.2) is 0 Å². The van der Waals surface area contributed by atoms with Crippen molar-refractivity contribution in [3.63, 3.8) is 0 Å². The molecule has 1 aromatic rings. The van der Waals surface area contributed by atoms with Crippen LogP contribution in [0.4, 0.5) is 18.9 Å². The zero-order valence-corrected chi connectivity index (χ0v) is 13.5. The van der Waals surface area contributed by atoms with E-state index in [-0.39, 0.29) is 35.7 Å². The van der Waals surface area contributed by atoms with Crippen LogP contribution in [0.1, 0.15) is 25.3 Å². The van der Waals surface area contributed by atoms with E-state index in [4.69, 9.17) is 4.74 Å². The third-order valence-electron chi connectivity index (χ3n) is 3.46. The largest absolute Gasteiger partial charge is 0.491 e. The molecule has 1 fully saturated rings. The molecule has 1 saturated heterocycles. The zero-order chi connectivity index (χ0) is 16.2. The maximum Gasteiger partial charge on any atom is 0.416 e. The van der Waals surface area contributed by atoms with Crippen LogP contribution >= 0.6 is 12.4 Å². The fraction of sp³-hybridized carbons (Fsp3) is 0.533. The highest BCUT2D eigenvalue weighted by molar-refractivity contribution is 5.94. The van der Waals surface area contributed by atoms with E-state index in [2.05, 4.69) is 10.6 Å². The summed E-state index contributed by atoms with van der Waals surface area (Å²) in [5.41, 5.74) is -0.739. The van der Waals surface area contributed by atoms with Gasteiger partial charge in [-0.2, -0.15) is 13.2 Å². The van der Waals surface area contributed by atoms with Crippen molar-refractivity contribution >= 4 is 24.0 Å². The van der Waals surface area contributed by atoms with Crippen molar-refractivity contribution in [2.45, 2.75) is 25.9 Å². The number of rotatable bonds is 5. The van der Waals surface area contributed by atoms with E-state index >= 15 is 0 Å². The molecule has 130 valence electrons. The maximum absolute atomic E-state index is 12.8. The van der Waals surface area contributed by atoms with Gasteiger partial charge in [-0.3, -0.25) is 4.79 Å². The summed E-state index contributed by atoms with van der Waals surface area (Å²) >= 11 is 0. The van der Waals surface area contributed by atoms with Gasteiger partial charge >= 0.3 is 6.18 Å². The molecule has 1 amide bonds. The topological polar surface area (TPSA) is 50.4 Å². The Bertz CT molecular complexity index is 532. The quantitative estimate of drug-likeness (QED) is 0.853. The molecule has 1 aliphatic rings. The van der Waals surface area contributed by atoms with Crippen LogP contribution in [0.15, 0.2) is 18.2 Å². The van der Waals surface area contributed by atoms with Crippen molar-refractivity contribution in [2.24, 2.45) is 5.92 Å². The monoisotopic (exact) mass is 352 g/mol. The Hall–Kier alpha value is -1.47. The Morgan fingerprint density at radius 3 is 2.74 bits per heavy atom. The summed E-state index contributed by atoms with van der Waals surface area (Å²) < 4.78 is 43.9. The molecule has 0 aliphatic carbocycles. The van der Waals surface area contributed by atoms with Crippen LogP contribution in [0.5, 0.6) is 5.75 Å². The Kier molecular flexibility index (Phi) is 7.15. The van der Waals surface area contributed by atoms with Gasteiger partial charge < -0.3 is 15.4 Å². The van der Waals surface area contributed by atoms with Crippen molar-refractivity contribution in [1.82, 2.24) is 5.32 Å². The first-order valence-corrected chi connectivity index (χ1v) is 7.27. The lowest BCUT2D eigenvalue weighted by atomic mass is 10.1. The molecule has 0 radical (unpaired) electrons. The highest BCUT2D eigenvalue weighted by atomic mass is 35.5. The first-order chi connectivity index (χ1) is 10.4. The second-order valence-corrected chi connectivity index (χ2v) is 5.24. The Labute approximate surface area is 139 Å². The second-order valence-electron chi connectivity index (χ2n) is 5.24. The van der Waals surface area contributed by atoms with Crippen LogP contribution in [0, 0.1) is 5.92 Å². The van der Waals surface area contributed by atoms with Gasteiger partial charge in [-0.05, 0) is 37.6 Å². The molecule has 23 heavy (non-hydrogen) atoms. The van der Waals surface area contributed by atoms with Crippen molar-refractivity contribution in [1.29, 1.82) is 0 Å². The van der Waals surface area contributed by atoms with Crippen LogP contribution < -0.4 is 15.4 Å². The number of benzene rings is 1. The average Bonchev–Trinajstić information content (AvgIpc) is 2.99. The molecule has 2 N–H and O–H groups in total. The number of alkyl halides is 3. The second kappa shape index (κ2) is 8.40. The highest BCUT2D eigenvalue weighted by Crippen LogP contribution is 2.35. The van der Waals surface area contributed by atoms with E-state index in [0.29, 0.717) is 19.6 Å². The van der Waals surface area contributed by atoms with E-state index in [9.17, 15) is 18.0 Å². The number of ether oxygens (including phenoxy) is 1. The van der Waals surface area contributed by atoms with Crippen LogP contribution in [0.2, 0.25) is 0 Å². The van der Waals surface area contributed by atoms with E-state index in [1.807, 2.05) is 6.92 Å². The van der Waals surface area contributed by atoms with Gasteiger partial charge in [0, 0.05) is 6.54 Å².